The Morgan fingerprint density at radius 2 is 2.38 bits per heavy atom. The van der Waals surface area contributed by atoms with Gasteiger partial charge in [0.05, 0.1) is 10.6 Å². The summed E-state index contributed by atoms with van der Waals surface area (Å²) in [6, 6.07) is 7.59. The molecule has 4 nitrogen and oxygen atoms in total. The van der Waals surface area contributed by atoms with Gasteiger partial charge in [-0.3, -0.25) is 4.79 Å². The zero-order valence-electron chi connectivity index (χ0n) is 12.9. The normalized spacial score (nSPS) is 16.0. The number of nitrogens with zero attached hydrogens (tertiary/aromatic N) is 1. The Labute approximate surface area is 148 Å². The number of thiophene rings is 1. The monoisotopic (exact) mass is 359 g/mol. The Morgan fingerprint density at radius 1 is 1.50 bits per heavy atom. The molecule has 3 heterocycles. The fourth-order valence-corrected chi connectivity index (χ4v) is 4.30. The van der Waals surface area contributed by atoms with E-state index in [0.717, 1.165) is 21.2 Å². The molecule has 1 aliphatic rings. The number of Topliss-reactive ketones (excluding diaryl/α,β-unsaturated/α-hetero) is 1. The number of ketones is 1. The second kappa shape index (κ2) is 6.07. The van der Waals surface area contributed by atoms with E-state index in [9.17, 15) is 4.79 Å². The molecule has 0 fully saturated rings. The highest BCUT2D eigenvalue weighted by Crippen LogP contribution is 2.39. The molecule has 3 aromatic rings. The molecule has 1 atom stereocenters. The predicted molar refractivity (Wildman–Crippen MR) is 94.3 cm³/mol. The summed E-state index contributed by atoms with van der Waals surface area (Å²) in [5, 5.41) is 3.53. The molecular weight excluding hydrogens is 346 g/mol. The van der Waals surface area contributed by atoms with Gasteiger partial charge in [0, 0.05) is 22.7 Å². The fraction of sp³-hybridized carbons (Fsp3) is 0.222. The number of fused-ring (bicyclic) bond motifs is 2. The summed E-state index contributed by atoms with van der Waals surface area (Å²) in [7, 11) is 0. The van der Waals surface area contributed by atoms with Gasteiger partial charge in [0.2, 0.25) is 5.88 Å². The summed E-state index contributed by atoms with van der Waals surface area (Å²) in [6.07, 6.45) is 1.90. The molecule has 0 radical (unpaired) electrons. The lowest BCUT2D eigenvalue weighted by Crippen LogP contribution is -2.08. The van der Waals surface area contributed by atoms with Gasteiger partial charge in [-0.2, -0.15) is 0 Å². The minimum absolute atomic E-state index is 0.123. The number of ether oxygens (including phenoxy) is 2. The molecule has 6 heteroatoms. The van der Waals surface area contributed by atoms with E-state index in [1.807, 2.05) is 23.6 Å². The van der Waals surface area contributed by atoms with Crippen molar-refractivity contribution in [2.45, 2.75) is 19.4 Å². The van der Waals surface area contributed by atoms with Gasteiger partial charge in [0.25, 0.3) is 0 Å². The fourth-order valence-electron chi connectivity index (χ4n) is 2.90. The van der Waals surface area contributed by atoms with Crippen LogP contribution in [0.15, 0.2) is 35.8 Å². The van der Waals surface area contributed by atoms with Crippen LogP contribution >= 0.6 is 22.9 Å². The molecular formula is C18H14ClNO3S. The molecule has 0 saturated carbocycles. The highest BCUT2D eigenvalue weighted by atomic mass is 35.5. The SMILES string of the molecule is CC(=O)Cc1csc2cc(OC3COc4ncccc43)cc(Cl)c12. The van der Waals surface area contributed by atoms with Crippen molar-refractivity contribution < 1.29 is 14.3 Å². The maximum atomic E-state index is 11.4. The van der Waals surface area contributed by atoms with E-state index >= 15 is 0 Å². The average molecular weight is 360 g/mol. The Morgan fingerprint density at radius 3 is 3.21 bits per heavy atom. The van der Waals surface area contributed by atoms with Crippen LogP contribution in [0.2, 0.25) is 5.02 Å². The van der Waals surface area contributed by atoms with Gasteiger partial charge >= 0.3 is 0 Å². The van der Waals surface area contributed by atoms with Crippen LogP contribution in [0.25, 0.3) is 10.1 Å². The quantitative estimate of drug-likeness (QED) is 0.683. The molecule has 0 N–H and O–H groups in total. The second-order valence-corrected chi connectivity index (χ2v) is 7.05. The molecule has 122 valence electrons. The molecule has 1 aromatic carbocycles. The van der Waals surface area contributed by atoms with Crippen molar-refractivity contribution in [3.8, 4) is 11.6 Å². The number of rotatable bonds is 4. The van der Waals surface area contributed by atoms with Crippen LogP contribution in [-0.2, 0) is 11.2 Å². The molecule has 0 bridgehead atoms. The predicted octanol–water partition coefficient (Wildman–Crippen LogP) is 4.59. The summed E-state index contributed by atoms with van der Waals surface area (Å²) in [5.74, 6) is 1.43. The van der Waals surface area contributed by atoms with Gasteiger partial charge in [0.1, 0.15) is 18.1 Å². The van der Waals surface area contributed by atoms with E-state index in [-0.39, 0.29) is 11.9 Å². The summed E-state index contributed by atoms with van der Waals surface area (Å²) in [4.78, 5) is 15.6. The zero-order valence-corrected chi connectivity index (χ0v) is 14.5. The van der Waals surface area contributed by atoms with Crippen molar-refractivity contribution in [1.82, 2.24) is 4.98 Å². The van der Waals surface area contributed by atoms with Crippen LogP contribution in [0.3, 0.4) is 0 Å². The lowest BCUT2D eigenvalue weighted by molar-refractivity contribution is -0.116. The number of carbonyl (C=O) groups is 1. The third-order valence-corrected chi connectivity index (χ3v) is 5.19. The first-order valence-electron chi connectivity index (χ1n) is 7.55. The van der Waals surface area contributed by atoms with Crippen molar-refractivity contribution in [3.05, 3.63) is 52.0 Å². The molecule has 2 aromatic heterocycles. The number of halogens is 1. The van der Waals surface area contributed by atoms with Gasteiger partial charge in [-0.15, -0.1) is 11.3 Å². The first-order valence-corrected chi connectivity index (χ1v) is 8.81. The topological polar surface area (TPSA) is 48.4 Å². The zero-order chi connectivity index (χ0) is 16.7. The van der Waals surface area contributed by atoms with Crippen LogP contribution in [0.1, 0.15) is 24.2 Å². The van der Waals surface area contributed by atoms with E-state index in [1.165, 1.54) is 0 Å². The number of hydrogen-bond donors (Lipinski definition) is 0. The van der Waals surface area contributed by atoms with Crippen molar-refractivity contribution >= 4 is 38.8 Å². The second-order valence-electron chi connectivity index (χ2n) is 5.73. The third-order valence-electron chi connectivity index (χ3n) is 3.91. The molecule has 4 rings (SSSR count). The van der Waals surface area contributed by atoms with Gasteiger partial charge in [0.15, 0.2) is 6.10 Å². The van der Waals surface area contributed by atoms with Gasteiger partial charge in [-0.1, -0.05) is 11.6 Å². The van der Waals surface area contributed by atoms with E-state index in [4.69, 9.17) is 21.1 Å². The lowest BCUT2D eigenvalue weighted by atomic mass is 10.1. The molecule has 1 aliphatic heterocycles. The first kappa shape index (κ1) is 15.4. The van der Waals surface area contributed by atoms with Crippen LogP contribution in [-0.4, -0.2) is 17.4 Å². The standard InChI is InChI=1S/C18H14ClNO3S/c1-10(21)5-11-9-24-16-7-12(6-14(19)17(11)16)23-15-8-22-18-13(15)3-2-4-20-18/h2-4,6-7,9,15H,5,8H2,1H3. The van der Waals surface area contributed by atoms with Crippen LogP contribution in [0.4, 0.5) is 0 Å². The Bertz CT molecular complexity index is 937. The van der Waals surface area contributed by atoms with Gasteiger partial charge in [-0.05, 0) is 42.1 Å². The minimum Gasteiger partial charge on any atom is -0.482 e. The van der Waals surface area contributed by atoms with Gasteiger partial charge < -0.3 is 9.47 Å². The van der Waals surface area contributed by atoms with Crippen LogP contribution < -0.4 is 9.47 Å². The summed E-state index contributed by atoms with van der Waals surface area (Å²) in [5.41, 5.74) is 1.91. The lowest BCUT2D eigenvalue weighted by Gasteiger charge is -2.13. The smallest absolute Gasteiger partial charge is 0.220 e. The summed E-state index contributed by atoms with van der Waals surface area (Å²) >= 11 is 8.02. The molecule has 0 saturated heterocycles. The molecule has 0 aliphatic carbocycles. The molecule has 0 amide bonds. The number of aromatic nitrogens is 1. The van der Waals surface area contributed by atoms with Crippen molar-refractivity contribution in [2.24, 2.45) is 0 Å². The van der Waals surface area contributed by atoms with E-state index in [1.54, 1.807) is 30.5 Å². The van der Waals surface area contributed by atoms with Crippen LogP contribution in [0.5, 0.6) is 11.6 Å². The molecule has 24 heavy (non-hydrogen) atoms. The molecule has 1 unspecified atom stereocenters. The summed E-state index contributed by atoms with van der Waals surface area (Å²) < 4.78 is 12.6. The minimum atomic E-state index is -0.195. The Balaban J connectivity index is 1.66. The number of hydrogen-bond acceptors (Lipinski definition) is 5. The van der Waals surface area contributed by atoms with E-state index < -0.39 is 0 Å². The highest BCUT2D eigenvalue weighted by Gasteiger charge is 2.27. The average Bonchev–Trinajstić information content (AvgIpc) is 3.12. The van der Waals surface area contributed by atoms with Crippen molar-refractivity contribution in [2.75, 3.05) is 6.61 Å². The maximum absolute atomic E-state index is 11.4. The van der Waals surface area contributed by atoms with Crippen molar-refractivity contribution in [1.29, 1.82) is 0 Å². The van der Waals surface area contributed by atoms with Crippen molar-refractivity contribution in [3.63, 3.8) is 0 Å². The number of pyridine rings is 1. The third kappa shape index (κ3) is 2.74. The highest BCUT2D eigenvalue weighted by molar-refractivity contribution is 7.17. The summed E-state index contributed by atoms with van der Waals surface area (Å²) in [6.45, 7) is 2.02. The Kier molecular flexibility index (Phi) is 3.90. The number of carbonyl (C=O) groups excluding carboxylic acids is 1. The molecule has 0 spiro atoms. The van der Waals surface area contributed by atoms with Crippen LogP contribution in [0, 0.1) is 0 Å². The van der Waals surface area contributed by atoms with Gasteiger partial charge in [-0.25, -0.2) is 4.98 Å². The largest absolute Gasteiger partial charge is 0.482 e. The Hall–Kier alpha value is -2.11. The van der Waals surface area contributed by atoms with E-state index in [2.05, 4.69) is 4.98 Å². The number of benzene rings is 1. The maximum Gasteiger partial charge on any atom is 0.220 e. The first-order chi connectivity index (χ1) is 11.6. The van der Waals surface area contributed by atoms with E-state index in [0.29, 0.717) is 29.7 Å².